The van der Waals surface area contributed by atoms with Crippen LogP contribution in [0.1, 0.15) is 25.7 Å². The maximum Gasteiger partial charge on any atom is 0.224 e. The lowest BCUT2D eigenvalue weighted by Crippen LogP contribution is -2.51. The summed E-state index contributed by atoms with van der Waals surface area (Å²) in [6, 6.07) is 11.1. The summed E-state index contributed by atoms with van der Waals surface area (Å²) >= 11 is 0. The van der Waals surface area contributed by atoms with E-state index in [1.54, 1.807) is 7.11 Å². The van der Waals surface area contributed by atoms with E-state index in [1.165, 1.54) is 10.8 Å². The number of likely N-dealkylation sites (tertiary alicyclic amines) is 1. The minimum atomic E-state index is 0.110. The number of hydrogen-bond donors (Lipinski definition) is 1. The molecule has 0 bridgehead atoms. The van der Waals surface area contributed by atoms with Crippen molar-refractivity contribution in [2.75, 3.05) is 51.3 Å². The van der Waals surface area contributed by atoms with Crippen LogP contribution in [-0.4, -0.2) is 68.3 Å². The zero-order valence-electron chi connectivity index (χ0n) is 17.3. The highest BCUT2D eigenvalue weighted by Crippen LogP contribution is 2.29. The second kappa shape index (κ2) is 9.55. The highest BCUT2D eigenvalue weighted by molar-refractivity contribution is 5.92. The van der Waals surface area contributed by atoms with E-state index in [1.807, 2.05) is 6.20 Å². The van der Waals surface area contributed by atoms with Crippen LogP contribution >= 0.6 is 0 Å². The van der Waals surface area contributed by atoms with Gasteiger partial charge in [0.05, 0.1) is 12.5 Å². The summed E-state index contributed by atoms with van der Waals surface area (Å²) in [6.45, 7) is 5.21. The van der Waals surface area contributed by atoms with Crippen LogP contribution in [-0.2, 0) is 9.53 Å². The number of nitrogens with one attached hydrogen (secondary N) is 1. The van der Waals surface area contributed by atoms with Gasteiger partial charge in [-0.25, -0.2) is 4.98 Å². The fourth-order valence-electron chi connectivity index (χ4n) is 4.77. The molecule has 1 N–H and O–H groups in total. The van der Waals surface area contributed by atoms with Gasteiger partial charge in [0.25, 0.3) is 0 Å². The van der Waals surface area contributed by atoms with Crippen LogP contribution in [0.4, 0.5) is 5.82 Å². The summed E-state index contributed by atoms with van der Waals surface area (Å²) in [6.07, 6.45) is 6.27. The fraction of sp³-hybridized carbons (Fsp3) is 0.565. The lowest BCUT2D eigenvalue weighted by Gasteiger charge is -2.42. The first-order chi connectivity index (χ1) is 14.3. The van der Waals surface area contributed by atoms with Crippen molar-refractivity contribution >= 4 is 22.5 Å². The number of methoxy groups -OCH3 is 1. The summed E-state index contributed by atoms with van der Waals surface area (Å²) in [4.78, 5) is 22.1. The van der Waals surface area contributed by atoms with Crippen LogP contribution in [0.25, 0.3) is 10.8 Å². The van der Waals surface area contributed by atoms with E-state index in [0.29, 0.717) is 19.2 Å². The van der Waals surface area contributed by atoms with Gasteiger partial charge in [0, 0.05) is 50.9 Å². The molecule has 1 aromatic heterocycles. The molecule has 29 heavy (non-hydrogen) atoms. The quantitative estimate of drug-likeness (QED) is 0.761. The van der Waals surface area contributed by atoms with Crippen LogP contribution < -0.4 is 10.2 Å². The summed E-state index contributed by atoms with van der Waals surface area (Å²) in [5.74, 6) is 1.40. The Bertz CT molecular complexity index is 814. The summed E-state index contributed by atoms with van der Waals surface area (Å²) in [5.41, 5.74) is 0. The van der Waals surface area contributed by atoms with Crippen LogP contribution in [0.3, 0.4) is 0 Å². The lowest BCUT2D eigenvalue weighted by atomic mass is 9.93. The van der Waals surface area contributed by atoms with Crippen LogP contribution in [0.5, 0.6) is 0 Å². The van der Waals surface area contributed by atoms with Crippen molar-refractivity contribution in [1.29, 1.82) is 0 Å². The number of anilines is 1. The molecule has 6 nitrogen and oxygen atoms in total. The minimum absolute atomic E-state index is 0.110. The fourth-order valence-corrected chi connectivity index (χ4v) is 4.77. The van der Waals surface area contributed by atoms with Gasteiger partial charge in [-0.3, -0.25) is 9.69 Å². The molecule has 0 radical (unpaired) electrons. The molecule has 2 aromatic rings. The molecule has 2 aliphatic rings. The molecular formula is C23H32N4O2. The largest absolute Gasteiger partial charge is 0.383 e. The number of rotatable bonds is 6. The van der Waals surface area contributed by atoms with E-state index in [-0.39, 0.29) is 11.8 Å². The zero-order chi connectivity index (χ0) is 20.1. The molecule has 1 atom stereocenters. The molecular weight excluding hydrogens is 364 g/mol. The normalized spacial score (nSPS) is 21.4. The number of pyridine rings is 1. The molecule has 3 heterocycles. The number of piperidine rings is 2. The Kier molecular flexibility index (Phi) is 6.62. The molecule has 2 aliphatic heterocycles. The van der Waals surface area contributed by atoms with E-state index in [2.05, 4.69) is 50.4 Å². The van der Waals surface area contributed by atoms with Gasteiger partial charge in [-0.2, -0.15) is 0 Å². The first-order valence-corrected chi connectivity index (χ1v) is 10.9. The van der Waals surface area contributed by atoms with Crippen LogP contribution in [0.2, 0.25) is 0 Å². The van der Waals surface area contributed by atoms with Gasteiger partial charge < -0.3 is 15.0 Å². The highest BCUT2D eigenvalue weighted by Gasteiger charge is 2.32. The van der Waals surface area contributed by atoms with Crippen LogP contribution in [0.15, 0.2) is 36.5 Å². The third-order valence-electron chi connectivity index (χ3n) is 6.36. The number of ether oxygens (including phenoxy) is 1. The Labute approximate surface area is 173 Å². The van der Waals surface area contributed by atoms with E-state index in [0.717, 1.165) is 57.7 Å². The Morgan fingerprint density at radius 2 is 2.00 bits per heavy atom. The summed E-state index contributed by atoms with van der Waals surface area (Å²) in [7, 11) is 1.66. The maximum atomic E-state index is 12.5. The molecule has 0 aliphatic carbocycles. The van der Waals surface area contributed by atoms with Gasteiger partial charge in [0.15, 0.2) is 0 Å². The Balaban J connectivity index is 1.34. The van der Waals surface area contributed by atoms with Gasteiger partial charge >= 0.3 is 0 Å². The third kappa shape index (κ3) is 4.70. The number of hydrogen-bond acceptors (Lipinski definition) is 5. The van der Waals surface area contributed by atoms with Gasteiger partial charge in [-0.05, 0) is 43.7 Å². The number of fused-ring (bicyclic) bond motifs is 1. The first-order valence-electron chi connectivity index (χ1n) is 10.9. The van der Waals surface area contributed by atoms with Gasteiger partial charge in [-0.1, -0.05) is 24.3 Å². The lowest BCUT2D eigenvalue weighted by molar-refractivity contribution is -0.127. The first kappa shape index (κ1) is 20.1. The average molecular weight is 397 g/mol. The molecule has 0 saturated carbocycles. The number of nitrogens with zero attached hydrogens (tertiary/aromatic N) is 3. The Morgan fingerprint density at radius 1 is 1.17 bits per heavy atom. The number of amides is 1. The maximum absolute atomic E-state index is 12.5. The molecule has 6 heteroatoms. The topological polar surface area (TPSA) is 57.7 Å². The van der Waals surface area contributed by atoms with Gasteiger partial charge in [-0.15, -0.1) is 0 Å². The molecule has 0 unspecified atom stereocenters. The molecule has 2 saturated heterocycles. The summed E-state index contributed by atoms with van der Waals surface area (Å²) < 4.78 is 5.03. The van der Waals surface area contributed by atoms with Crippen molar-refractivity contribution in [1.82, 2.24) is 15.2 Å². The predicted molar refractivity (Wildman–Crippen MR) is 116 cm³/mol. The highest BCUT2D eigenvalue weighted by atomic mass is 16.5. The van der Waals surface area contributed by atoms with Crippen molar-refractivity contribution < 1.29 is 9.53 Å². The van der Waals surface area contributed by atoms with E-state index >= 15 is 0 Å². The minimum Gasteiger partial charge on any atom is -0.383 e. The second-order valence-electron chi connectivity index (χ2n) is 8.19. The van der Waals surface area contributed by atoms with Gasteiger partial charge in [0.1, 0.15) is 5.82 Å². The zero-order valence-corrected chi connectivity index (χ0v) is 17.3. The summed E-state index contributed by atoms with van der Waals surface area (Å²) in [5, 5.41) is 5.50. The Hall–Kier alpha value is -2.18. The Morgan fingerprint density at radius 3 is 2.83 bits per heavy atom. The smallest absolute Gasteiger partial charge is 0.224 e. The molecule has 0 spiro atoms. The second-order valence-corrected chi connectivity index (χ2v) is 8.19. The van der Waals surface area contributed by atoms with Crippen molar-refractivity contribution in [3.8, 4) is 0 Å². The number of aromatic nitrogens is 1. The number of carbonyl (C=O) groups excluding carboxylic acids is 1. The predicted octanol–water partition coefficient (Wildman–Crippen LogP) is 2.68. The standard InChI is InChI=1S/C23H32N4O2/c1-29-16-12-25-23(28)19-6-4-13-27(17-19)20-9-14-26(15-10-20)22-21-7-3-2-5-18(21)8-11-24-22/h2-3,5,7-8,11,19-20H,4,6,9-10,12-17H2,1H3,(H,25,28)/t19-/m1/s1. The van der Waals surface area contributed by atoms with E-state index in [4.69, 9.17) is 4.74 Å². The van der Waals surface area contributed by atoms with E-state index in [9.17, 15) is 4.79 Å². The monoisotopic (exact) mass is 396 g/mol. The molecule has 4 rings (SSSR count). The van der Waals surface area contributed by atoms with E-state index < -0.39 is 0 Å². The molecule has 1 amide bonds. The third-order valence-corrected chi connectivity index (χ3v) is 6.36. The van der Waals surface area contributed by atoms with Crippen molar-refractivity contribution in [2.24, 2.45) is 5.92 Å². The molecule has 2 fully saturated rings. The van der Waals surface area contributed by atoms with Crippen molar-refractivity contribution in [2.45, 2.75) is 31.7 Å². The van der Waals surface area contributed by atoms with Crippen molar-refractivity contribution in [3.63, 3.8) is 0 Å². The molecule has 1 aromatic carbocycles. The van der Waals surface area contributed by atoms with Crippen LogP contribution in [0, 0.1) is 5.92 Å². The average Bonchev–Trinajstić information content (AvgIpc) is 2.79. The van der Waals surface area contributed by atoms with Crippen molar-refractivity contribution in [3.05, 3.63) is 36.5 Å². The SMILES string of the molecule is COCCNC(=O)[C@@H]1CCCN(C2CCN(c3nccc4ccccc34)CC2)C1. The number of benzene rings is 1. The van der Waals surface area contributed by atoms with Gasteiger partial charge in [0.2, 0.25) is 5.91 Å². The molecule has 156 valence electrons. The number of carbonyl (C=O) groups is 1.